The van der Waals surface area contributed by atoms with E-state index in [1.54, 1.807) is 0 Å². The second-order valence-electron chi connectivity index (χ2n) is 3.40. The van der Waals surface area contributed by atoms with Gasteiger partial charge in [0.25, 0.3) is 0 Å². The van der Waals surface area contributed by atoms with Crippen molar-refractivity contribution in [3.8, 4) is 11.8 Å². The van der Waals surface area contributed by atoms with Crippen LogP contribution in [0.3, 0.4) is 0 Å². The lowest BCUT2D eigenvalue weighted by Crippen LogP contribution is -2.19. The molecule has 0 aliphatic heterocycles. The minimum atomic E-state index is -0.786. The molecule has 1 aromatic carbocycles. The van der Waals surface area contributed by atoms with Crippen LogP contribution in [-0.4, -0.2) is 16.0 Å². The largest absolute Gasteiger partial charge is 0.421 e. The van der Waals surface area contributed by atoms with Crippen molar-refractivity contribution in [3.05, 3.63) is 41.4 Å². The molecule has 0 atom stereocenters. The molecule has 6 nitrogen and oxygen atoms in total. The number of benzene rings is 1. The first-order valence-electron chi connectivity index (χ1n) is 5.07. The number of anilines is 1. The molecule has 0 aliphatic carbocycles. The summed E-state index contributed by atoms with van der Waals surface area (Å²) < 4.78 is 18.8. The second kappa shape index (κ2) is 5.49. The van der Waals surface area contributed by atoms with Crippen LogP contribution in [0, 0.1) is 5.82 Å². The third-order valence-corrected chi connectivity index (χ3v) is 2.21. The lowest BCUT2D eigenvalue weighted by molar-refractivity contribution is 0.259. The molecule has 0 unspecified atom stereocenters. The van der Waals surface area contributed by atoms with E-state index in [0.29, 0.717) is 0 Å². The predicted octanol–water partition coefficient (Wildman–Crippen LogP) is 2.55. The fraction of sp³-hybridized carbons (Fsp3) is 0. The Morgan fingerprint density at radius 3 is 2.84 bits per heavy atom. The highest BCUT2D eigenvalue weighted by molar-refractivity contribution is 6.29. The van der Waals surface area contributed by atoms with E-state index in [4.69, 9.17) is 22.1 Å². The van der Waals surface area contributed by atoms with Gasteiger partial charge in [-0.05, 0) is 18.2 Å². The second-order valence-corrected chi connectivity index (χ2v) is 3.79. The summed E-state index contributed by atoms with van der Waals surface area (Å²) in [5.74, 6) is -0.799. The number of hydrogen-bond acceptors (Lipinski definition) is 4. The summed E-state index contributed by atoms with van der Waals surface area (Å²) in [5.41, 5.74) is 5.13. The van der Waals surface area contributed by atoms with Gasteiger partial charge < -0.3 is 15.8 Å². The van der Waals surface area contributed by atoms with Crippen molar-refractivity contribution in [1.82, 2.24) is 9.97 Å². The average Bonchev–Trinajstić information content (AvgIpc) is 2.32. The molecule has 2 rings (SSSR count). The van der Waals surface area contributed by atoms with Crippen LogP contribution in [-0.2, 0) is 0 Å². The molecule has 1 heterocycles. The van der Waals surface area contributed by atoms with Crippen molar-refractivity contribution in [3.63, 3.8) is 0 Å². The molecule has 0 fully saturated rings. The Morgan fingerprint density at radius 1 is 1.42 bits per heavy atom. The molecular weight excluding hydrogens is 275 g/mol. The molecule has 0 saturated carbocycles. The number of urea groups is 1. The van der Waals surface area contributed by atoms with Crippen LogP contribution >= 0.6 is 11.6 Å². The van der Waals surface area contributed by atoms with Crippen LogP contribution in [0.2, 0.25) is 5.15 Å². The summed E-state index contributed by atoms with van der Waals surface area (Å²) in [7, 11) is 0. The molecule has 98 valence electrons. The van der Waals surface area contributed by atoms with Gasteiger partial charge in [0, 0.05) is 18.0 Å². The van der Waals surface area contributed by atoms with E-state index in [-0.39, 0.29) is 22.6 Å². The van der Waals surface area contributed by atoms with Crippen LogP contribution in [0.5, 0.6) is 11.8 Å². The molecule has 0 aliphatic rings. The number of hydrogen-bond donors (Lipinski definition) is 2. The maximum atomic E-state index is 13.7. The highest BCUT2D eigenvalue weighted by Gasteiger charge is 2.08. The van der Waals surface area contributed by atoms with Gasteiger partial charge in [0.2, 0.25) is 0 Å². The number of amides is 2. The Bertz CT molecular complexity index is 623. The first-order chi connectivity index (χ1) is 9.04. The van der Waals surface area contributed by atoms with E-state index in [9.17, 15) is 9.18 Å². The van der Waals surface area contributed by atoms with Gasteiger partial charge in [-0.2, -0.15) is 4.98 Å². The summed E-state index contributed by atoms with van der Waals surface area (Å²) in [6.07, 6.45) is 1.38. The summed E-state index contributed by atoms with van der Waals surface area (Å²) >= 11 is 5.65. The molecule has 0 radical (unpaired) electrons. The quantitative estimate of drug-likeness (QED) is 0.847. The van der Waals surface area contributed by atoms with Gasteiger partial charge in [0.05, 0.1) is 0 Å². The van der Waals surface area contributed by atoms with Gasteiger partial charge in [-0.25, -0.2) is 14.2 Å². The monoisotopic (exact) mass is 282 g/mol. The third kappa shape index (κ3) is 3.52. The fourth-order valence-corrected chi connectivity index (χ4v) is 1.40. The van der Waals surface area contributed by atoms with Crippen molar-refractivity contribution in [1.29, 1.82) is 0 Å². The van der Waals surface area contributed by atoms with Gasteiger partial charge in [0.15, 0.2) is 11.6 Å². The number of halogens is 2. The number of aromatic nitrogens is 2. The number of carbonyl (C=O) groups excluding carboxylic acids is 1. The summed E-state index contributed by atoms with van der Waals surface area (Å²) in [6, 6.07) is 4.39. The topological polar surface area (TPSA) is 90.1 Å². The minimum Gasteiger partial charge on any atom is -0.421 e. The lowest BCUT2D eigenvalue weighted by atomic mass is 10.3. The van der Waals surface area contributed by atoms with Crippen molar-refractivity contribution >= 4 is 23.3 Å². The number of nitrogens with two attached hydrogens (primary N) is 1. The molecule has 0 spiro atoms. The van der Waals surface area contributed by atoms with Crippen LogP contribution in [0.25, 0.3) is 0 Å². The predicted molar refractivity (Wildman–Crippen MR) is 66.7 cm³/mol. The molecule has 8 heteroatoms. The highest BCUT2D eigenvalue weighted by Crippen LogP contribution is 2.25. The van der Waals surface area contributed by atoms with E-state index in [2.05, 4.69) is 15.3 Å². The molecule has 0 bridgehead atoms. The van der Waals surface area contributed by atoms with E-state index in [1.165, 1.54) is 24.4 Å². The molecule has 2 aromatic rings. The zero-order valence-electron chi connectivity index (χ0n) is 9.43. The van der Waals surface area contributed by atoms with Crippen LogP contribution in [0.1, 0.15) is 0 Å². The Morgan fingerprint density at radius 2 is 2.21 bits per heavy atom. The van der Waals surface area contributed by atoms with Crippen LogP contribution < -0.4 is 15.8 Å². The number of primary amides is 1. The van der Waals surface area contributed by atoms with Crippen LogP contribution in [0.15, 0.2) is 30.5 Å². The van der Waals surface area contributed by atoms with Crippen molar-refractivity contribution in [2.24, 2.45) is 5.73 Å². The standard InChI is InChI=1S/C11H8ClFN4O2/c12-9-3-4-15-11(17-9)19-8-2-1-6(5-7(8)13)16-10(14)18/h1-5H,(H3,14,16,18). The van der Waals surface area contributed by atoms with Crippen LogP contribution in [0.4, 0.5) is 14.9 Å². The molecule has 2 amide bonds. The highest BCUT2D eigenvalue weighted by atomic mass is 35.5. The zero-order chi connectivity index (χ0) is 13.8. The van der Waals surface area contributed by atoms with Gasteiger partial charge >= 0.3 is 12.0 Å². The summed E-state index contributed by atoms with van der Waals surface area (Å²) in [5, 5.41) is 2.41. The summed E-state index contributed by atoms with van der Waals surface area (Å²) in [4.78, 5) is 18.1. The number of nitrogens with zero attached hydrogens (tertiary/aromatic N) is 2. The SMILES string of the molecule is NC(=O)Nc1ccc(Oc2nccc(Cl)n2)c(F)c1. The Hall–Kier alpha value is -2.41. The zero-order valence-corrected chi connectivity index (χ0v) is 10.2. The van der Waals surface area contributed by atoms with Crippen molar-refractivity contribution < 1.29 is 13.9 Å². The van der Waals surface area contributed by atoms with Gasteiger partial charge in [-0.3, -0.25) is 0 Å². The molecule has 0 saturated heterocycles. The number of carbonyl (C=O) groups is 1. The van der Waals surface area contributed by atoms with Gasteiger partial charge in [-0.15, -0.1) is 0 Å². The Balaban J connectivity index is 2.19. The normalized spacial score (nSPS) is 10.0. The first kappa shape index (κ1) is 13.0. The molecule has 3 N–H and O–H groups in total. The molecular formula is C11H8ClFN4O2. The smallest absolute Gasteiger partial charge is 0.323 e. The van der Waals surface area contributed by atoms with Crippen molar-refractivity contribution in [2.75, 3.05) is 5.32 Å². The van der Waals surface area contributed by atoms with Gasteiger partial charge in [-0.1, -0.05) is 11.6 Å². The van der Waals surface area contributed by atoms with E-state index in [0.717, 1.165) is 6.07 Å². The first-order valence-corrected chi connectivity index (χ1v) is 5.45. The lowest BCUT2D eigenvalue weighted by Gasteiger charge is -2.07. The summed E-state index contributed by atoms with van der Waals surface area (Å²) in [6.45, 7) is 0. The van der Waals surface area contributed by atoms with Crippen molar-refractivity contribution in [2.45, 2.75) is 0 Å². The third-order valence-electron chi connectivity index (χ3n) is 2.00. The Kier molecular flexibility index (Phi) is 3.76. The molecule has 19 heavy (non-hydrogen) atoms. The van der Waals surface area contributed by atoms with E-state index in [1.807, 2.05) is 0 Å². The number of rotatable bonds is 3. The molecule has 1 aromatic heterocycles. The van der Waals surface area contributed by atoms with Gasteiger partial charge in [0.1, 0.15) is 5.15 Å². The maximum absolute atomic E-state index is 13.7. The minimum absolute atomic E-state index is 0.0815. The maximum Gasteiger partial charge on any atom is 0.323 e. The van der Waals surface area contributed by atoms with E-state index < -0.39 is 11.8 Å². The number of ether oxygens (including phenoxy) is 1. The Labute approximate surface area is 112 Å². The number of nitrogens with one attached hydrogen (secondary N) is 1. The average molecular weight is 283 g/mol. The van der Waals surface area contributed by atoms with E-state index >= 15 is 0 Å². The fourth-order valence-electron chi connectivity index (χ4n) is 1.27.